The molecule has 0 aliphatic rings. The van der Waals surface area contributed by atoms with Crippen LogP contribution in [0.15, 0.2) is 85.1 Å². The lowest BCUT2D eigenvalue weighted by molar-refractivity contribution is -0.167. The van der Waals surface area contributed by atoms with Crippen LogP contribution in [0.25, 0.3) is 0 Å². The van der Waals surface area contributed by atoms with Crippen molar-refractivity contribution < 1.29 is 28.6 Å². The fraction of sp³-hybridized carbons (Fsp3) is 0.776. The number of esters is 3. The molecule has 474 valence electrons. The van der Waals surface area contributed by atoms with Crippen molar-refractivity contribution in [2.75, 3.05) is 13.2 Å². The topological polar surface area (TPSA) is 78.9 Å². The smallest absolute Gasteiger partial charge is 0.306 e. The van der Waals surface area contributed by atoms with Gasteiger partial charge in [0, 0.05) is 19.3 Å². The summed E-state index contributed by atoms with van der Waals surface area (Å²) in [4.78, 5) is 38.4. The predicted molar refractivity (Wildman–Crippen MR) is 358 cm³/mol. The molecule has 0 aliphatic heterocycles. The molecular formula is C76H134O6. The van der Waals surface area contributed by atoms with E-state index >= 15 is 0 Å². The second-order valence-electron chi connectivity index (χ2n) is 23.7. The van der Waals surface area contributed by atoms with Crippen LogP contribution in [-0.4, -0.2) is 37.2 Å². The van der Waals surface area contributed by atoms with Crippen molar-refractivity contribution in [2.24, 2.45) is 0 Å². The Morgan fingerprint density at radius 3 is 0.744 bits per heavy atom. The number of unbranched alkanes of at least 4 members (excludes halogenated alkanes) is 40. The number of carbonyl (C=O) groups is 3. The Morgan fingerprint density at radius 2 is 0.476 bits per heavy atom. The van der Waals surface area contributed by atoms with Gasteiger partial charge in [-0.25, -0.2) is 0 Å². The zero-order valence-electron chi connectivity index (χ0n) is 54.5. The molecule has 0 aliphatic carbocycles. The SMILES string of the molecule is CC/C=C\C/C=C\C/C=C\C/C=C\CCCCCCC(=O)OC(COC(=O)CCCCCCC/C=C\C/C=C\C/C=C\CC)COC(=O)CCCCCCCCCCCCCCCCCCCCCCCCCCCCCCCCCC. The lowest BCUT2D eigenvalue weighted by Gasteiger charge is -2.18. The third kappa shape index (κ3) is 67.4. The van der Waals surface area contributed by atoms with Gasteiger partial charge >= 0.3 is 17.9 Å². The van der Waals surface area contributed by atoms with Crippen molar-refractivity contribution in [2.45, 2.75) is 367 Å². The molecular weight excluding hydrogens is 1010 g/mol. The van der Waals surface area contributed by atoms with Crippen molar-refractivity contribution in [3.63, 3.8) is 0 Å². The van der Waals surface area contributed by atoms with Gasteiger partial charge in [0.15, 0.2) is 6.10 Å². The molecule has 0 rings (SSSR count). The Labute approximate surface area is 509 Å². The van der Waals surface area contributed by atoms with Gasteiger partial charge in [0.2, 0.25) is 0 Å². The summed E-state index contributed by atoms with van der Waals surface area (Å²) < 4.78 is 16.9. The first-order chi connectivity index (χ1) is 40.5. The van der Waals surface area contributed by atoms with Crippen LogP contribution in [-0.2, 0) is 28.6 Å². The van der Waals surface area contributed by atoms with Gasteiger partial charge < -0.3 is 14.2 Å². The zero-order valence-corrected chi connectivity index (χ0v) is 54.5. The van der Waals surface area contributed by atoms with Gasteiger partial charge in [0.05, 0.1) is 0 Å². The van der Waals surface area contributed by atoms with Crippen LogP contribution in [0.3, 0.4) is 0 Å². The molecule has 0 aromatic heterocycles. The summed E-state index contributed by atoms with van der Waals surface area (Å²) in [6.07, 6.45) is 93.5. The fourth-order valence-electron chi connectivity index (χ4n) is 10.4. The Balaban J connectivity index is 4.19. The number of carbonyl (C=O) groups excluding carboxylic acids is 3. The molecule has 0 saturated heterocycles. The molecule has 0 heterocycles. The van der Waals surface area contributed by atoms with E-state index in [2.05, 4.69) is 106 Å². The summed E-state index contributed by atoms with van der Waals surface area (Å²) in [6, 6.07) is 0. The number of ether oxygens (including phenoxy) is 3. The minimum Gasteiger partial charge on any atom is -0.462 e. The van der Waals surface area contributed by atoms with E-state index in [1.807, 2.05) is 0 Å². The number of hydrogen-bond acceptors (Lipinski definition) is 6. The molecule has 82 heavy (non-hydrogen) atoms. The molecule has 0 spiro atoms. The normalized spacial score (nSPS) is 12.6. The minimum atomic E-state index is -0.798. The van der Waals surface area contributed by atoms with E-state index in [9.17, 15) is 14.4 Å². The second-order valence-corrected chi connectivity index (χ2v) is 23.7. The Hall–Kier alpha value is -3.41. The van der Waals surface area contributed by atoms with Gasteiger partial charge in [-0.2, -0.15) is 0 Å². The minimum absolute atomic E-state index is 0.0899. The Morgan fingerprint density at radius 1 is 0.256 bits per heavy atom. The summed E-state index contributed by atoms with van der Waals surface area (Å²) in [5.41, 5.74) is 0. The maximum atomic E-state index is 12.9. The van der Waals surface area contributed by atoms with E-state index in [4.69, 9.17) is 14.2 Å². The monoisotopic (exact) mass is 1140 g/mol. The van der Waals surface area contributed by atoms with Crippen molar-refractivity contribution in [3.05, 3.63) is 85.1 Å². The van der Waals surface area contributed by atoms with Crippen LogP contribution in [0.2, 0.25) is 0 Å². The van der Waals surface area contributed by atoms with E-state index < -0.39 is 6.10 Å². The fourth-order valence-corrected chi connectivity index (χ4v) is 10.4. The summed E-state index contributed by atoms with van der Waals surface area (Å²) in [6.45, 7) is 6.43. The van der Waals surface area contributed by atoms with E-state index in [0.29, 0.717) is 19.3 Å². The van der Waals surface area contributed by atoms with Crippen LogP contribution in [0.1, 0.15) is 361 Å². The molecule has 0 radical (unpaired) electrons. The van der Waals surface area contributed by atoms with Crippen molar-refractivity contribution in [3.8, 4) is 0 Å². The summed E-state index contributed by atoms with van der Waals surface area (Å²) >= 11 is 0. The highest BCUT2D eigenvalue weighted by atomic mass is 16.6. The van der Waals surface area contributed by atoms with E-state index in [0.717, 1.165) is 135 Å². The van der Waals surface area contributed by atoms with Gasteiger partial charge in [-0.05, 0) is 89.9 Å². The number of rotatable bonds is 65. The first kappa shape index (κ1) is 78.6. The molecule has 1 unspecified atom stereocenters. The maximum absolute atomic E-state index is 12.9. The molecule has 0 aromatic rings. The highest BCUT2D eigenvalue weighted by Gasteiger charge is 2.19. The lowest BCUT2D eigenvalue weighted by Crippen LogP contribution is -2.30. The molecule has 0 bridgehead atoms. The van der Waals surface area contributed by atoms with Crippen LogP contribution in [0, 0.1) is 0 Å². The van der Waals surface area contributed by atoms with E-state index in [1.165, 1.54) is 186 Å². The predicted octanol–water partition coefficient (Wildman–Crippen LogP) is 24.6. The number of allylic oxidation sites excluding steroid dienone is 14. The molecule has 6 nitrogen and oxygen atoms in total. The highest BCUT2D eigenvalue weighted by molar-refractivity contribution is 5.71. The van der Waals surface area contributed by atoms with Gasteiger partial charge in [-0.1, -0.05) is 337 Å². The van der Waals surface area contributed by atoms with Gasteiger partial charge in [-0.15, -0.1) is 0 Å². The third-order valence-electron chi connectivity index (χ3n) is 15.6. The Kier molecular flexibility index (Phi) is 67.2. The molecule has 0 amide bonds. The van der Waals surface area contributed by atoms with Crippen LogP contribution in [0.4, 0.5) is 0 Å². The summed E-state index contributed by atoms with van der Waals surface area (Å²) in [7, 11) is 0. The van der Waals surface area contributed by atoms with Crippen LogP contribution >= 0.6 is 0 Å². The average molecular weight is 1140 g/mol. The lowest BCUT2D eigenvalue weighted by atomic mass is 10.0. The Bertz CT molecular complexity index is 1550. The third-order valence-corrected chi connectivity index (χ3v) is 15.6. The maximum Gasteiger partial charge on any atom is 0.306 e. The number of hydrogen-bond donors (Lipinski definition) is 0. The summed E-state index contributed by atoms with van der Waals surface area (Å²) in [5.74, 6) is -0.916. The van der Waals surface area contributed by atoms with Crippen molar-refractivity contribution >= 4 is 17.9 Å². The van der Waals surface area contributed by atoms with Crippen molar-refractivity contribution in [1.29, 1.82) is 0 Å². The van der Waals surface area contributed by atoms with Gasteiger partial charge in [-0.3, -0.25) is 14.4 Å². The molecule has 0 fully saturated rings. The largest absolute Gasteiger partial charge is 0.462 e. The second kappa shape index (κ2) is 70.1. The first-order valence-corrected chi connectivity index (χ1v) is 35.6. The zero-order chi connectivity index (χ0) is 59.2. The first-order valence-electron chi connectivity index (χ1n) is 35.6. The molecule has 0 saturated carbocycles. The summed E-state index contributed by atoms with van der Waals surface area (Å²) in [5, 5.41) is 0. The molecule has 0 N–H and O–H groups in total. The molecule has 6 heteroatoms. The van der Waals surface area contributed by atoms with Crippen molar-refractivity contribution in [1.82, 2.24) is 0 Å². The quantitative estimate of drug-likeness (QED) is 0.0261. The van der Waals surface area contributed by atoms with Crippen LogP contribution < -0.4 is 0 Å². The van der Waals surface area contributed by atoms with E-state index in [-0.39, 0.29) is 31.1 Å². The average Bonchev–Trinajstić information content (AvgIpc) is 3.47. The van der Waals surface area contributed by atoms with E-state index in [1.54, 1.807) is 0 Å². The van der Waals surface area contributed by atoms with Gasteiger partial charge in [0.25, 0.3) is 0 Å². The molecule has 1 atom stereocenters. The van der Waals surface area contributed by atoms with Crippen LogP contribution in [0.5, 0.6) is 0 Å². The highest BCUT2D eigenvalue weighted by Crippen LogP contribution is 2.18. The standard InChI is InChI=1S/C76H134O6/c1-4-7-10-13-16-19-22-25-28-30-31-32-33-34-35-36-37-38-39-40-41-42-43-44-46-48-51-54-57-60-63-66-69-75(78)81-72-73(71-80-74(77)68-65-62-59-56-53-50-47-27-24-21-18-15-12-9-6-3)82-76(79)70-67-64-61-58-55-52-49-45-29-26-23-20-17-14-11-8-5-2/h8-9,11-12,17-18,20-21,26-27,29,47,49,52,73H,4-7,10,13-16,19,22-25,28,30-46,48,50-51,53-72H2,1-3H3/b11-8-,12-9-,20-17-,21-18-,29-26-,47-27-,52-49-. The molecule has 0 aromatic carbocycles. The van der Waals surface area contributed by atoms with Gasteiger partial charge in [0.1, 0.15) is 13.2 Å².